The molecule has 0 unspecified atom stereocenters. The highest BCUT2D eigenvalue weighted by atomic mass is 16.2. The molecule has 0 spiro atoms. The predicted molar refractivity (Wildman–Crippen MR) is 68.7 cm³/mol. The number of nitrogens with two attached hydrogens (primary N) is 1. The Morgan fingerprint density at radius 3 is 2.94 bits per heavy atom. The summed E-state index contributed by atoms with van der Waals surface area (Å²) in [5.74, 6) is -0.247. The van der Waals surface area contributed by atoms with Crippen molar-refractivity contribution in [1.82, 2.24) is 10.2 Å². The van der Waals surface area contributed by atoms with Crippen molar-refractivity contribution in [2.45, 2.75) is 19.9 Å². The number of carbonyl (C=O) groups excluding carboxylic acids is 2. The predicted octanol–water partition coefficient (Wildman–Crippen LogP) is 0.290. The minimum Gasteiger partial charge on any atom is -0.398 e. The molecule has 1 aliphatic rings. The lowest BCUT2D eigenvalue weighted by atomic mass is 9.98. The van der Waals surface area contributed by atoms with Crippen molar-refractivity contribution < 1.29 is 9.59 Å². The van der Waals surface area contributed by atoms with Gasteiger partial charge in [-0.2, -0.15) is 0 Å². The minimum atomic E-state index is -0.190. The van der Waals surface area contributed by atoms with Gasteiger partial charge in [0.25, 0.3) is 0 Å². The standard InChI is InChI=1S/C13H17N3O2/c1-9(17)15-7-13(18)16-6-5-11-10(8-16)3-2-4-12(11)14/h2-4H,5-8,14H2,1H3,(H,15,17). The molecule has 0 saturated carbocycles. The van der Waals surface area contributed by atoms with Gasteiger partial charge in [-0.05, 0) is 23.6 Å². The van der Waals surface area contributed by atoms with E-state index in [1.165, 1.54) is 6.92 Å². The lowest BCUT2D eigenvalue weighted by molar-refractivity contribution is -0.133. The van der Waals surface area contributed by atoms with E-state index in [1.807, 2.05) is 18.2 Å². The van der Waals surface area contributed by atoms with Crippen molar-refractivity contribution in [2.24, 2.45) is 0 Å². The van der Waals surface area contributed by atoms with Crippen LogP contribution in [-0.4, -0.2) is 29.8 Å². The van der Waals surface area contributed by atoms with E-state index in [4.69, 9.17) is 5.73 Å². The van der Waals surface area contributed by atoms with Crippen LogP contribution in [0.1, 0.15) is 18.1 Å². The number of nitrogen functional groups attached to an aromatic ring is 1. The van der Waals surface area contributed by atoms with Crippen molar-refractivity contribution in [1.29, 1.82) is 0 Å². The third-order valence-electron chi connectivity index (χ3n) is 3.14. The van der Waals surface area contributed by atoms with E-state index in [2.05, 4.69) is 5.32 Å². The maximum atomic E-state index is 11.9. The van der Waals surface area contributed by atoms with E-state index in [-0.39, 0.29) is 18.4 Å². The van der Waals surface area contributed by atoms with E-state index < -0.39 is 0 Å². The van der Waals surface area contributed by atoms with Gasteiger partial charge < -0.3 is 16.0 Å². The zero-order chi connectivity index (χ0) is 13.1. The van der Waals surface area contributed by atoms with Crippen molar-refractivity contribution in [3.63, 3.8) is 0 Å². The van der Waals surface area contributed by atoms with Gasteiger partial charge in [-0.15, -0.1) is 0 Å². The number of nitrogens with zero attached hydrogens (tertiary/aromatic N) is 1. The molecule has 3 N–H and O–H groups in total. The second-order valence-electron chi connectivity index (χ2n) is 4.46. The third-order valence-corrected chi connectivity index (χ3v) is 3.14. The fourth-order valence-electron chi connectivity index (χ4n) is 2.16. The highest BCUT2D eigenvalue weighted by Gasteiger charge is 2.21. The fraction of sp³-hybridized carbons (Fsp3) is 0.385. The van der Waals surface area contributed by atoms with Crippen LogP contribution < -0.4 is 11.1 Å². The fourth-order valence-corrected chi connectivity index (χ4v) is 2.16. The summed E-state index contributed by atoms with van der Waals surface area (Å²) in [4.78, 5) is 24.4. The topological polar surface area (TPSA) is 75.4 Å². The van der Waals surface area contributed by atoms with Crippen LogP contribution in [0.2, 0.25) is 0 Å². The van der Waals surface area contributed by atoms with Crippen molar-refractivity contribution >= 4 is 17.5 Å². The Labute approximate surface area is 106 Å². The molecule has 0 aromatic heterocycles. The highest BCUT2D eigenvalue weighted by Crippen LogP contribution is 2.23. The SMILES string of the molecule is CC(=O)NCC(=O)N1CCc2c(N)cccc2C1. The lowest BCUT2D eigenvalue weighted by Crippen LogP contribution is -2.42. The van der Waals surface area contributed by atoms with Gasteiger partial charge in [0.1, 0.15) is 0 Å². The number of benzene rings is 1. The Hall–Kier alpha value is -2.04. The van der Waals surface area contributed by atoms with Crippen molar-refractivity contribution in [3.8, 4) is 0 Å². The molecule has 0 atom stereocenters. The Bertz CT molecular complexity index is 485. The lowest BCUT2D eigenvalue weighted by Gasteiger charge is -2.29. The first-order valence-electron chi connectivity index (χ1n) is 5.96. The van der Waals surface area contributed by atoms with Crippen LogP contribution in [0.5, 0.6) is 0 Å². The normalized spacial score (nSPS) is 13.9. The molecule has 0 saturated heterocycles. The van der Waals surface area contributed by atoms with Crippen molar-refractivity contribution in [2.75, 3.05) is 18.8 Å². The van der Waals surface area contributed by atoms with Crippen molar-refractivity contribution in [3.05, 3.63) is 29.3 Å². The van der Waals surface area contributed by atoms with Gasteiger partial charge in [-0.3, -0.25) is 9.59 Å². The number of carbonyl (C=O) groups is 2. The first kappa shape index (κ1) is 12.4. The average molecular weight is 247 g/mol. The molecule has 0 radical (unpaired) electrons. The van der Waals surface area contributed by atoms with Crippen LogP contribution in [0.4, 0.5) is 5.69 Å². The molecule has 2 amide bonds. The zero-order valence-corrected chi connectivity index (χ0v) is 10.4. The van der Waals surface area contributed by atoms with Gasteiger partial charge in [0.15, 0.2) is 0 Å². The largest absolute Gasteiger partial charge is 0.398 e. The van der Waals surface area contributed by atoms with Gasteiger partial charge in [0, 0.05) is 25.7 Å². The smallest absolute Gasteiger partial charge is 0.242 e. The summed E-state index contributed by atoms with van der Waals surface area (Å²) < 4.78 is 0. The monoisotopic (exact) mass is 247 g/mol. The van der Waals surface area contributed by atoms with Gasteiger partial charge in [-0.1, -0.05) is 12.1 Å². The number of anilines is 1. The number of amides is 2. The van der Waals surface area contributed by atoms with E-state index in [0.717, 1.165) is 23.2 Å². The summed E-state index contributed by atoms with van der Waals surface area (Å²) in [6, 6.07) is 5.77. The molecule has 1 aromatic carbocycles. The maximum absolute atomic E-state index is 11.9. The Morgan fingerprint density at radius 1 is 1.44 bits per heavy atom. The van der Waals surface area contributed by atoms with E-state index in [0.29, 0.717) is 13.1 Å². The molecule has 18 heavy (non-hydrogen) atoms. The van der Waals surface area contributed by atoms with Crippen LogP contribution in [0.25, 0.3) is 0 Å². The summed E-state index contributed by atoms with van der Waals surface area (Å²) in [7, 11) is 0. The summed E-state index contributed by atoms with van der Waals surface area (Å²) in [5, 5.41) is 2.52. The molecule has 2 rings (SSSR count). The molecule has 0 bridgehead atoms. The van der Waals surface area contributed by atoms with Crippen LogP contribution >= 0.6 is 0 Å². The summed E-state index contributed by atoms with van der Waals surface area (Å²) in [5.41, 5.74) is 8.93. The summed E-state index contributed by atoms with van der Waals surface area (Å²) >= 11 is 0. The number of hydrogen-bond donors (Lipinski definition) is 2. The Kier molecular flexibility index (Phi) is 3.50. The first-order chi connectivity index (χ1) is 8.58. The van der Waals surface area contributed by atoms with E-state index in [9.17, 15) is 9.59 Å². The number of fused-ring (bicyclic) bond motifs is 1. The minimum absolute atomic E-state index is 0.0572. The van der Waals surface area contributed by atoms with Crippen LogP contribution in [0.15, 0.2) is 18.2 Å². The molecular formula is C13H17N3O2. The van der Waals surface area contributed by atoms with Gasteiger partial charge >= 0.3 is 0 Å². The first-order valence-corrected chi connectivity index (χ1v) is 5.96. The second-order valence-corrected chi connectivity index (χ2v) is 4.46. The second kappa shape index (κ2) is 5.08. The summed E-state index contributed by atoms with van der Waals surface area (Å²) in [6.07, 6.45) is 0.772. The number of rotatable bonds is 2. The van der Waals surface area contributed by atoms with E-state index >= 15 is 0 Å². The maximum Gasteiger partial charge on any atom is 0.242 e. The number of hydrogen-bond acceptors (Lipinski definition) is 3. The Balaban J connectivity index is 2.03. The van der Waals surface area contributed by atoms with Gasteiger partial charge in [0.05, 0.1) is 6.54 Å². The summed E-state index contributed by atoms with van der Waals surface area (Å²) in [6.45, 7) is 2.69. The molecule has 5 heteroatoms. The molecular weight excluding hydrogens is 230 g/mol. The molecule has 1 aromatic rings. The zero-order valence-electron chi connectivity index (χ0n) is 10.4. The van der Waals surface area contributed by atoms with Crippen LogP contribution in [-0.2, 0) is 22.6 Å². The third kappa shape index (κ3) is 2.61. The highest BCUT2D eigenvalue weighted by molar-refractivity contribution is 5.84. The molecule has 1 aliphatic heterocycles. The molecule has 5 nitrogen and oxygen atoms in total. The molecule has 0 fully saturated rings. The van der Waals surface area contributed by atoms with Gasteiger partial charge in [0.2, 0.25) is 11.8 Å². The molecule has 96 valence electrons. The van der Waals surface area contributed by atoms with Crippen LogP contribution in [0.3, 0.4) is 0 Å². The quantitative estimate of drug-likeness (QED) is 0.738. The Morgan fingerprint density at radius 2 is 2.22 bits per heavy atom. The number of nitrogens with one attached hydrogen (secondary N) is 1. The van der Waals surface area contributed by atoms with Gasteiger partial charge in [-0.25, -0.2) is 0 Å². The van der Waals surface area contributed by atoms with E-state index in [1.54, 1.807) is 4.90 Å². The molecule has 1 heterocycles. The molecule has 0 aliphatic carbocycles. The average Bonchev–Trinajstić information content (AvgIpc) is 2.35. The van der Waals surface area contributed by atoms with Crippen LogP contribution in [0, 0.1) is 0 Å².